The molecule has 2 fully saturated rings. The third-order valence-corrected chi connectivity index (χ3v) is 5.69. The Hall–Kier alpha value is -1.81. The Morgan fingerprint density at radius 1 is 1.17 bits per heavy atom. The van der Waals surface area contributed by atoms with Crippen LogP contribution in [0.3, 0.4) is 0 Å². The smallest absolute Gasteiger partial charge is 0.256 e. The Labute approximate surface area is 137 Å². The number of H-pyrrole nitrogens is 1. The molecular formula is C19H25N3O. The van der Waals surface area contributed by atoms with Crippen molar-refractivity contribution in [3.8, 4) is 0 Å². The van der Waals surface area contributed by atoms with Crippen LogP contribution in [0, 0.1) is 12.3 Å². The van der Waals surface area contributed by atoms with Crippen LogP contribution in [0.1, 0.15) is 35.3 Å². The second kappa shape index (κ2) is 5.38. The lowest BCUT2D eigenvalue weighted by atomic mass is 9.79. The molecule has 0 radical (unpaired) electrons. The molecule has 1 spiro atoms. The van der Waals surface area contributed by atoms with Crippen molar-refractivity contribution in [1.29, 1.82) is 0 Å². The summed E-state index contributed by atoms with van der Waals surface area (Å²) in [6.07, 6.45) is 3.61. The summed E-state index contributed by atoms with van der Waals surface area (Å²) in [4.78, 5) is 21.1. The molecule has 0 unspecified atom stereocenters. The van der Waals surface area contributed by atoms with Gasteiger partial charge in [0, 0.05) is 41.6 Å². The summed E-state index contributed by atoms with van der Waals surface area (Å²) >= 11 is 0. The summed E-state index contributed by atoms with van der Waals surface area (Å²) in [5.41, 5.74) is 3.23. The molecule has 1 atom stereocenters. The maximum atomic E-state index is 13.2. The summed E-state index contributed by atoms with van der Waals surface area (Å²) in [7, 11) is 2.19. The number of rotatable bonds is 1. The van der Waals surface area contributed by atoms with Crippen molar-refractivity contribution in [2.24, 2.45) is 5.41 Å². The quantitative estimate of drug-likeness (QED) is 0.879. The van der Waals surface area contributed by atoms with Crippen molar-refractivity contribution < 1.29 is 4.79 Å². The van der Waals surface area contributed by atoms with Crippen LogP contribution in [0.15, 0.2) is 24.3 Å². The SMILES string of the molecule is Cc1[nH]c2ccccc2c1C(=O)N1CCC[C@@]2(CCN(C)C2)C1. The molecule has 4 heteroatoms. The van der Waals surface area contributed by atoms with Gasteiger partial charge in [0.15, 0.2) is 0 Å². The monoisotopic (exact) mass is 311 g/mol. The molecule has 2 aromatic rings. The Morgan fingerprint density at radius 2 is 2.00 bits per heavy atom. The summed E-state index contributed by atoms with van der Waals surface area (Å²) < 4.78 is 0. The van der Waals surface area contributed by atoms with Crippen LogP contribution in [0.25, 0.3) is 10.9 Å². The number of hydrogen-bond donors (Lipinski definition) is 1. The minimum Gasteiger partial charge on any atom is -0.358 e. The first-order valence-electron chi connectivity index (χ1n) is 8.63. The van der Waals surface area contributed by atoms with Crippen molar-refractivity contribution >= 4 is 16.8 Å². The predicted molar refractivity (Wildman–Crippen MR) is 92.7 cm³/mol. The summed E-state index contributed by atoms with van der Waals surface area (Å²) in [5, 5.41) is 1.05. The Kier molecular flexibility index (Phi) is 3.45. The van der Waals surface area contributed by atoms with Gasteiger partial charge in [0.1, 0.15) is 0 Å². The topological polar surface area (TPSA) is 39.3 Å². The van der Waals surface area contributed by atoms with Gasteiger partial charge < -0.3 is 14.8 Å². The van der Waals surface area contributed by atoms with Crippen LogP contribution in [0.5, 0.6) is 0 Å². The van der Waals surface area contributed by atoms with Gasteiger partial charge in [0.25, 0.3) is 5.91 Å². The van der Waals surface area contributed by atoms with Crippen LogP contribution in [0.4, 0.5) is 0 Å². The van der Waals surface area contributed by atoms with Crippen molar-refractivity contribution in [2.75, 3.05) is 33.2 Å². The lowest BCUT2D eigenvalue weighted by Gasteiger charge is -2.40. The minimum atomic E-state index is 0.202. The van der Waals surface area contributed by atoms with Gasteiger partial charge >= 0.3 is 0 Å². The van der Waals surface area contributed by atoms with Gasteiger partial charge in [-0.1, -0.05) is 18.2 Å². The van der Waals surface area contributed by atoms with E-state index in [1.54, 1.807) is 0 Å². The lowest BCUT2D eigenvalue weighted by Crippen LogP contribution is -2.47. The van der Waals surface area contributed by atoms with E-state index in [0.29, 0.717) is 5.41 Å². The standard InChI is InChI=1S/C19H25N3O/c1-14-17(15-6-3-4-7-16(15)20-14)18(23)22-10-5-8-19(13-22)9-11-21(2)12-19/h3-4,6-7,20H,5,8-13H2,1-2H3/t19-/m0/s1. The van der Waals surface area contributed by atoms with E-state index in [9.17, 15) is 4.79 Å². The molecule has 3 heterocycles. The van der Waals surface area contributed by atoms with E-state index in [0.717, 1.165) is 54.8 Å². The number of aryl methyl sites for hydroxylation is 1. The molecule has 122 valence electrons. The maximum absolute atomic E-state index is 13.2. The number of hydrogen-bond acceptors (Lipinski definition) is 2. The van der Waals surface area contributed by atoms with E-state index < -0.39 is 0 Å². The van der Waals surface area contributed by atoms with Crippen molar-refractivity contribution in [1.82, 2.24) is 14.8 Å². The molecule has 1 N–H and O–H groups in total. The molecule has 2 aliphatic rings. The molecule has 1 aromatic carbocycles. The highest BCUT2D eigenvalue weighted by atomic mass is 16.2. The Morgan fingerprint density at radius 3 is 2.78 bits per heavy atom. The minimum absolute atomic E-state index is 0.202. The third-order valence-electron chi connectivity index (χ3n) is 5.69. The molecular weight excluding hydrogens is 286 g/mol. The second-order valence-electron chi connectivity index (χ2n) is 7.49. The Balaban J connectivity index is 1.64. The number of likely N-dealkylation sites (tertiary alicyclic amines) is 2. The van der Waals surface area contributed by atoms with Gasteiger partial charge in [-0.25, -0.2) is 0 Å². The highest BCUT2D eigenvalue weighted by Gasteiger charge is 2.41. The second-order valence-corrected chi connectivity index (χ2v) is 7.49. The molecule has 0 bridgehead atoms. The first-order chi connectivity index (χ1) is 11.1. The summed E-state index contributed by atoms with van der Waals surface area (Å²) in [6, 6.07) is 8.12. The molecule has 23 heavy (non-hydrogen) atoms. The molecule has 1 aromatic heterocycles. The number of para-hydroxylation sites is 1. The first kappa shape index (κ1) is 14.8. The number of carbonyl (C=O) groups excluding carboxylic acids is 1. The zero-order valence-electron chi connectivity index (χ0n) is 14.1. The number of nitrogens with one attached hydrogen (secondary N) is 1. The molecule has 4 rings (SSSR count). The van der Waals surface area contributed by atoms with E-state index in [4.69, 9.17) is 0 Å². The zero-order valence-corrected chi connectivity index (χ0v) is 14.1. The number of aromatic amines is 1. The van der Waals surface area contributed by atoms with Gasteiger partial charge in [-0.05, 0) is 45.8 Å². The number of carbonyl (C=O) groups is 1. The number of amides is 1. The van der Waals surface area contributed by atoms with E-state index in [1.807, 2.05) is 25.1 Å². The number of aromatic nitrogens is 1. The molecule has 2 saturated heterocycles. The first-order valence-corrected chi connectivity index (χ1v) is 8.63. The van der Waals surface area contributed by atoms with Crippen molar-refractivity contribution in [3.05, 3.63) is 35.5 Å². The fraction of sp³-hybridized carbons (Fsp3) is 0.526. The van der Waals surface area contributed by atoms with E-state index in [2.05, 4.69) is 27.9 Å². The van der Waals surface area contributed by atoms with E-state index in [1.165, 1.54) is 12.8 Å². The Bertz CT molecular complexity index is 746. The lowest BCUT2D eigenvalue weighted by molar-refractivity contribution is 0.0536. The highest BCUT2D eigenvalue weighted by Crippen LogP contribution is 2.39. The number of benzene rings is 1. The van der Waals surface area contributed by atoms with Crippen LogP contribution in [-0.4, -0.2) is 53.9 Å². The fourth-order valence-corrected chi connectivity index (χ4v) is 4.58. The fourth-order valence-electron chi connectivity index (χ4n) is 4.58. The molecule has 0 aliphatic carbocycles. The highest BCUT2D eigenvalue weighted by molar-refractivity contribution is 6.08. The number of nitrogens with zero attached hydrogens (tertiary/aromatic N) is 2. The predicted octanol–water partition coefficient (Wildman–Crippen LogP) is 3.03. The van der Waals surface area contributed by atoms with Gasteiger partial charge in [-0.3, -0.25) is 4.79 Å². The number of piperidine rings is 1. The normalized spacial score (nSPS) is 25.6. The molecule has 4 nitrogen and oxygen atoms in total. The van der Waals surface area contributed by atoms with Gasteiger partial charge in [-0.2, -0.15) is 0 Å². The average molecular weight is 311 g/mol. The molecule has 2 aliphatic heterocycles. The number of fused-ring (bicyclic) bond motifs is 1. The van der Waals surface area contributed by atoms with Crippen LogP contribution >= 0.6 is 0 Å². The third kappa shape index (κ3) is 2.45. The molecule has 1 amide bonds. The van der Waals surface area contributed by atoms with Gasteiger partial charge in [-0.15, -0.1) is 0 Å². The van der Waals surface area contributed by atoms with Crippen LogP contribution < -0.4 is 0 Å². The van der Waals surface area contributed by atoms with E-state index in [-0.39, 0.29) is 5.91 Å². The van der Waals surface area contributed by atoms with Crippen LogP contribution in [-0.2, 0) is 0 Å². The van der Waals surface area contributed by atoms with Crippen molar-refractivity contribution in [3.63, 3.8) is 0 Å². The summed E-state index contributed by atoms with van der Waals surface area (Å²) in [6.45, 7) is 6.10. The van der Waals surface area contributed by atoms with Crippen LogP contribution in [0.2, 0.25) is 0 Å². The molecule has 0 saturated carbocycles. The average Bonchev–Trinajstić information content (AvgIpc) is 3.06. The largest absolute Gasteiger partial charge is 0.358 e. The van der Waals surface area contributed by atoms with E-state index >= 15 is 0 Å². The maximum Gasteiger partial charge on any atom is 0.256 e. The summed E-state index contributed by atoms with van der Waals surface area (Å²) in [5.74, 6) is 0.202. The van der Waals surface area contributed by atoms with Gasteiger partial charge in [0.2, 0.25) is 0 Å². The van der Waals surface area contributed by atoms with Gasteiger partial charge in [0.05, 0.1) is 5.56 Å². The van der Waals surface area contributed by atoms with Crippen molar-refractivity contribution in [2.45, 2.75) is 26.2 Å². The zero-order chi connectivity index (χ0) is 16.0.